The molecule has 3 atom stereocenters. The summed E-state index contributed by atoms with van der Waals surface area (Å²) in [6.45, 7) is 0. The monoisotopic (exact) mass is 194 g/mol. The van der Waals surface area contributed by atoms with Gasteiger partial charge >= 0.3 is 5.97 Å². The van der Waals surface area contributed by atoms with E-state index in [9.17, 15) is 9.18 Å². The van der Waals surface area contributed by atoms with E-state index in [1.165, 1.54) is 12.1 Å². The van der Waals surface area contributed by atoms with Crippen LogP contribution in [0.5, 0.6) is 5.75 Å². The summed E-state index contributed by atoms with van der Waals surface area (Å²) in [4.78, 5) is 10.7. The SMILES string of the molecule is O=C(O)C1C2Oc3ccc(F)cc3C21. The molecule has 1 aliphatic carbocycles. The second-order valence-electron chi connectivity index (χ2n) is 3.65. The normalized spacial score (nSPS) is 31.6. The maximum Gasteiger partial charge on any atom is 0.311 e. The predicted molar refractivity (Wildman–Crippen MR) is 44.7 cm³/mol. The van der Waals surface area contributed by atoms with Gasteiger partial charge in [0.2, 0.25) is 0 Å². The molecule has 1 aromatic rings. The number of carboxylic acids is 1. The summed E-state index contributed by atoms with van der Waals surface area (Å²) in [7, 11) is 0. The highest BCUT2D eigenvalue weighted by Gasteiger charge is 2.63. The minimum atomic E-state index is -0.866. The van der Waals surface area contributed by atoms with Crippen molar-refractivity contribution >= 4 is 5.97 Å². The first-order valence-electron chi connectivity index (χ1n) is 4.37. The van der Waals surface area contributed by atoms with Gasteiger partial charge in [0.25, 0.3) is 0 Å². The highest BCUT2D eigenvalue weighted by molar-refractivity contribution is 5.78. The molecule has 72 valence electrons. The van der Waals surface area contributed by atoms with E-state index in [1.54, 1.807) is 6.07 Å². The first-order valence-corrected chi connectivity index (χ1v) is 4.37. The van der Waals surface area contributed by atoms with Gasteiger partial charge in [0.05, 0.1) is 0 Å². The molecule has 1 fully saturated rings. The van der Waals surface area contributed by atoms with Gasteiger partial charge in [-0.3, -0.25) is 4.79 Å². The summed E-state index contributed by atoms with van der Waals surface area (Å²) in [6, 6.07) is 4.23. The van der Waals surface area contributed by atoms with Crippen molar-refractivity contribution in [2.24, 2.45) is 5.92 Å². The third kappa shape index (κ3) is 0.828. The number of ether oxygens (including phenoxy) is 1. The van der Waals surface area contributed by atoms with Crippen LogP contribution in [-0.2, 0) is 4.79 Å². The van der Waals surface area contributed by atoms with E-state index in [-0.39, 0.29) is 17.8 Å². The summed E-state index contributed by atoms with van der Waals surface area (Å²) in [5.74, 6) is -1.21. The fraction of sp³-hybridized carbons (Fsp3) is 0.300. The molecule has 14 heavy (non-hydrogen) atoms. The smallest absolute Gasteiger partial charge is 0.311 e. The van der Waals surface area contributed by atoms with Gasteiger partial charge in [0.15, 0.2) is 0 Å². The Balaban J connectivity index is 2.01. The van der Waals surface area contributed by atoms with E-state index < -0.39 is 11.9 Å². The van der Waals surface area contributed by atoms with Crippen molar-refractivity contribution in [3.8, 4) is 5.75 Å². The first kappa shape index (κ1) is 7.79. The zero-order valence-corrected chi connectivity index (χ0v) is 7.11. The van der Waals surface area contributed by atoms with E-state index in [4.69, 9.17) is 9.84 Å². The number of carbonyl (C=O) groups is 1. The predicted octanol–water partition coefficient (Wildman–Crippen LogP) is 1.38. The number of rotatable bonds is 1. The molecule has 2 aliphatic rings. The van der Waals surface area contributed by atoms with E-state index in [0.29, 0.717) is 11.3 Å². The molecule has 0 radical (unpaired) electrons. The Morgan fingerprint density at radius 2 is 2.29 bits per heavy atom. The molecule has 1 heterocycles. The van der Waals surface area contributed by atoms with Gasteiger partial charge in [-0.05, 0) is 18.2 Å². The first-order chi connectivity index (χ1) is 6.68. The van der Waals surface area contributed by atoms with Gasteiger partial charge in [0.1, 0.15) is 23.6 Å². The minimum absolute atomic E-state index is 0.141. The zero-order valence-electron chi connectivity index (χ0n) is 7.11. The molecule has 3 nitrogen and oxygen atoms in total. The quantitative estimate of drug-likeness (QED) is 0.734. The molecule has 0 aromatic heterocycles. The number of halogens is 1. The zero-order chi connectivity index (χ0) is 9.87. The van der Waals surface area contributed by atoms with Crippen LogP contribution in [0.15, 0.2) is 18.2 Å². The Bertz CT molecular complexity index is 429. The summed E-state index contributed by atoms with van der Waals surface area (Å²) < 4.78 is 18.2. The number of hydrogen-bond acceptors (Lipinski definition) is 2. The van der Waals surface area contributed by atoms with Gasteiger partial charge in [-0.15, -0.1) is 0 Å². The maximum absolute atomic E-state index is 12.9. The van der Waals surface area contributed by atoms with Crippen LogP contribution in [0.2, 0.25) is 0 Å². The molecule has 0 amide bonds. The molecular formula is C10H7FO3. The Kier molecular flexibility index (Phi) is 1.26. The molecule has 0 bridgehead atoms. The van der Waals surface area contributed by atoms with Crippen LogP contribution in [0, 0.1) is 11.7 Å². The van der Waals surface area contributed by atoms with Crippen molar-refractivity contribution < 1.29 is 19.0 Å². The van der Waals surface area contributed by atoms with Crippen molar-refractivity contribution in [2.45, 2.75) is 12.0 Å². The van der Waals surface area contributed by atoms with Crippen LogP contribution in [0.1, 0.15) is 11.5 Å². The van der Waals surface area contributed by atoms with Crippen molar-refractivity contribution in [1.82, 2.24) is 0 Å². The molecule has 4 heteroatoms. The van der Waals surface area contributed by atoms with Crippen molar-refractivity contribution in [1.29, 1.82) is 0 Å². The molecule has 1 aliphatic heterocycles. The van der Waals surface area contributed by atoms with E-state index in [2.05, 4.69) is 0 Å². The highest BCUT2D eigenvalue weighted by atomic mass is 19.1. The Labute approximate surface area is 79.1 Å². The van der Waals surface area contributed by atoms with Crippen molar-refractivity contribution in [3.63, 3.8) is 0 Å². The lowest BCUT2D eigenvalue weighted by molar-refractivity contribution is -0.139. The average molecular weight is 194 g/mol. The number of benzene rings is 1. The van der Waals surface area contributed by atoms with Gasteiger partial charge in [-0.2, -0.15) is 0 Å². The maximum atomic E-state index is 12.9. The minimum Gasteiger partial charge on any atom is -0.489 e. The van der Waals surface area contributed by atoms with E-state index in [0.717, 1.165) is 0 Å². The topological polar surface area (TPSA) is 46.5 Å². The number of fused-ring (bicyclic) bond motifs is 3. The third-order valence-electron chi connectivity index (χ3n) is 2.83. The lowest BCUT2D eigenvalue weighted by Crippen LogP contribution is -2.08. The fourth-order valence-electron chi connectivity index (χ4n) is 2.13. The van der Waals surface area contributed by atoms with Crippen LogP contribution in [-0.4, -0.2) is 17.2 Å². The van der Waals surface area contributed by atoms with Crippen LogP contribution >= 0.6 is 0 Å². The second kappa shape index (κ2) is 2.26. The van der Waals surface area contributed by atoms with Gasteiger partial charge in [-0.1, -0.05) is 0 Å². The van der Waals surface area contributed by atoms with Crippen LogP contribution in [0.4, 0.5) is 4.39 Å². The second-order valence-corrected chi connectivity index (χ2v) is 3.65. The molecule has 1 N–H and O–H groups in total. The Hall–Kier alpha value is -1.58. The van der Waals surface area contributed by atoms with Crippen LogP contribution < -0.4 is 4.74 Å². The molecule has 3 unspecified atom stereocenters. The summed E-state index contributed by atoms with van der Waals surface area (Å²) in [5.41, 5.74) is 0.697. The third-order valence-corrected chi connectivity index (χ3v) is 2.83. The number of aliphatic carboxylic acids is 1. The summed E-state index contributed by atoms with van der Waals surface area (Å²) >= 11 is 0. The lowest BCUT2D eigenvalue weighted by Gasteiger charge is -2.05. The molecule has 0 saturated heterocycles. The molecule has 1 aromatic carbocycles. The Morgan fingerprint density at radius 1 is 1.50 bits per heavy atom. The van der Waals surface area contributed by atoms with Gasteiger partial charge in [0, 0.05) is 11.5 Å². The molecular weight excluding hydrogens is 187 g/mol. The largest absolute Gasteiger partial charge is 0.489 e. The number of hydrogen-bond donors (Lipinski definition) is 1. The molecule has 3 rings (SSSR count). The Morgan fingerprint density at radius 3 is 3.00 bits per heavy atom. The highest BCUT2D eigenvalue weighted by Crippen LogP contribution is 2.58. The van der Waals surface area contributed by atoms with Crippen LogP contribution in [0.3, 0.4) is 0 Å². The molecule has 0 spiro atoms. The van der Waals surface area contributed by atoms with E-state index in [1.807, 2.05) is 0 Å². The van der Waals surface area contributed by atoms with Crippen molar-refractivity contribution in [2.75, 3.05) is 0 Å². The average Bonchev–Trinajstić information content (AvgIpc) is 2.73. The van der Waals surface area contributed by atoms with E-state index >= 15 is 0 Å². The molecule has 1 saturated carbocycles. The summed E-state index contributed by atoms with van der Waals surface area (Å²) in [5, 5.41) is 8.78. The summed E-state index contributed by atoms with van der Waals surface area (Å²) in [6.07, 6.45) is -0.274. The number of carboxylic acid groups (broad SMARTS) is 1. The van der Waals surface area contributed by atoms with Gasteiger partial charge in [-0.25, -0.2) is 4.39 Å². The van der Waals surface area contributed by atoms with Crippen molar-refractivity contribution in [3.05, 3.63) is 29.6 Å². The fourth-order valence-corrected chi connectivity index (χ4v) is 2.13. The van der Waals surface area contributed by atoms with Crippen LogP contribution in [0.25, 0.3) is 0 Å². The van der Waals surface area contributed by atoms with Gasteiger partial charge < -0.3 is 9.84 Å². The lowest BCUT2D eigenvalue weighted by atomic mass is 10.1. The standard InChI is InChI=1S/C10H7FO3/c11-4-1-2-6-5(3-4)7-8(10(12)13)9(7)14-6/h1-3,7-9H,(H,12,13).